The summed E-state index contributed by atoms with van der Waals surface area (Å²) in [7, 11) is 0. The Morgan fingerprint density at radius 3 is 2.43 bits per heavy atom. The molecule has 2 saturated heterocycles. The van der Waals surface area contributed by atoms with Crippen LogP contribution in [-0.2, 0) is 0 Å². The minimum atomic E-state index is 0.127. The maximum absolute atomic E-state index is 13.1. The van der Waals surface area contributed by atoms with Crippen LogP contribution in [-0.4, -0.2) is 52.9 Å². The highest BCUT2D eigenvalue weighted by atomic mass is 35.5. The number of halogens is 1. The summed E-state index contributed by atoms with van der Waals surface area (Å²) in [6.07, 6.45) is 7.55. The molecule has 2 aliphatic rings. The minimum absolute atomic E-state index is 0.127. The SMILES string of the molecule is Cc1nc(-c2ccccc2Cl)sc1C(=O)N1CCC(N2CCCCCC2)CC1. The molecule has 4 nitrogen and oxygen atoms in total. The second-order valence-corrected chi connectivity index (χ2v) is 9.29. The number of nitrogens with zero attached hydrogens (tertiary/aromatic N) is 3. The van der Waals surface area contributed by atoms with Crippen molar-refractivity contribution in [3.05, 3.63) is 39.9 Å². The van der Waals surface area contributed by atoms with Gasteiger partial charge in [-0.1, -0.05) is 42.6 Å². The van der Waals surface area contributed by atoms with Gasteiger partial charge < -0.3 is 9.80 Å². The molecule has 1 aromatic heterocycles. The maximum Gasteiger partial charge on any atom is 0.265 e. The van der Waals surface area contributed by atoms with Gasteiger partial charge in [-0.15, -0.1) is 11.3 Å². The molecule has 2 aliphatic heterocycles. The number of benzene rings is 1. The van der Waals surface area contributed by atoms with Gasteiger partial charge >= 0.3 is 0 Å². The molecule has 1 aromatic carbocycles. The molecule has 0 spiro atoms. The van der Waals surface area contributed by atoms with Crippen molar-refractivity contribution < 1.29 is 4.79 Å². The monoisotopic (exact) mass is 417 g/mol. The van der Waals surface area contributed by atoms with E-state index in [-0.39, 0.29) is 5.91 Å². The maximum atomic E-state index is 13.1. The van der Waals surface area contributed by atoms with E-state index < -0.39 is 0 Å². The number of hydrogen-bond donors (Lipinski definition) is 0. The molecule has 0 bridgehead atoms. The smallest absolute Gasteiger partial charge is 0.265 e. The number of aromatic nitrogens is 1. The molecule has 2 fully saturated rings. The Kier molecular flexibility index (Phi) is 6.34. The lowest BCUT2D eigenvalue weighted by molar-refractivity contribution is 0.0626. The van der Waals surface area contributed by atoms with Crippen LogP contribution < -0.4 is 0 Å². The Hall–Kier alpha value is -1.43. The summed E-state index contributed by atoms with van der Waals surface area (Å²) in [5, 5.41) is 1.50. The van der Waals surface area contributed by atoms with E-state index in [4.69, 9.17) is 11.6 Å². The van der Waals surface area contributed by atoms with Gasteiger partial charge in [-0.05, 0) is 51.8 Å². The summed E-state index contributed by atoms with van der Waals surface area (Å²) in [5.74, 6) is 0.127. The van der Waals surface area contributed by atoms with Crippen molar-refractivity contribution in [2.45, 2.75) is 51.5 Å². The summed E-state index contributed by atoms with van der Waals surface area (Å²) >= 11 is 7.78. The van der Waals surface area contributed by atoms with E-state index in [1.165, 1.54) is 50.1 Å². The molecule has 0 radical (unpaired) electrons. The number of carbonyl (C=O) groups excluding carboxylic acids is 1. The van der Waals surface area contributed by atoms with E-state index in [2.05, 4.69) is 9.88 Å². The van der Waals surface area contributed by atoms with Crippen LogP contribution in [0.4, 0.5) is 0 Å². The Labute approximate surface area is 176 Å². The highest BCUT2D eigenvalue weighted by molar-refractivity contribution is 7.17. The number of hydrogen-bond acceptors (Lipinski definition) is 4. The fourth-order valence-electron chi connectivity index (χ4n) is 4.38. The number of carbonyl (C=O) groups is 1. The van der Waals surface area contributed by atoms with Crippen LogP contribution in [0.2, 0.25) is 5.02 Å². The summed E-state index contributed by atoms with van der Waals surface area (Å²) in [5.41, 5.74) is 1.70. The van der Waals surface area contributed by atoms with Gasteiger partial charge in [-0.25, -0.2) is 4.98 Å². The van der Waals surface area contributed by atoms with E-state index >= 15 is 0 Å². The van der Waals surface area contributed by atoms with Crippen LogP contribution >= 0.6 is 22.9 Å². The zero-order valence-electron chi connectivity index (χ0n) is 16.5. The molecule has 2 aromatic rings. The molecule has 0 saturated carbocycles. The van der Waals surface area contributed by atoms with Crippen molar-refractivity contribution in [2.75, 3.05) is 26.2 Å². The first-order valence-electron chi connectivity index (χ1n) is 10.4. The van der Waals surface area contributed by atoms with Crippen molar-refractivity contribution in [3.8, 4) is 10.6 Å². The third-order valence-electron chi connectivity index (χ3n) is 6.00. The van der Waals surface area contributed by atoms with Gasteiger partial charge in [0, 0.05) is 24.7 Å². The van der Waals surface area contributed by atoms with Crippen LogP contribution in [0.25, 0.3) is 10.6 Å². The molecule has 6 heteroatoms. The van der Waals surface area contributed by atoms with Gasteiger partial charge in [-0.2, -0.15) is 0 Å². The predicted molar refractivity (Wildman–Crippen MR) is 116 cm³/mol. The zero-order valence-corrected chi connectivity index (χ0v) is 18.1. The van der Waals surface area contributed by atoms with E-state index in [0.29, 0.717) is 11.1 Å². The van der Waals surface area contributed by atoms with Crippen LogP contribution in [0, 0.1) is 6.92 Å². The Morgan fingerprint density at radius 1 is 1.07 bits per heavy atom. The van der Waals surface area contributed by atoms with Gasteiger partial charge in [0.05, 0.1) is 10.7 Å². The summed E-state index contributed by atoms with van der Waals surface area (Å²) in [4.78, 5) is 23.2. The second kappa shape index (κ2) is 8.93. The lowest BCUT2D eigenvalue weighted by Crippen LogP contribution is -2.47. The Balaban J connectivity index is 1.42. The zero-order chi connectivity index (χ0) is 19.5. The lowest BCUT2D eigenvalue weighted by Gasteiger charge is -2.38. The molecule has 3 heterocycles. The third-order valence-corrected chi connectivity index (χ3v) is 7.51. The van der Waals surface area contributed by atoms with Crippen LogP contribution in [0.15, 0.2) is 24.3 Å². The number of rotatable bonds is 3. The molecule has 4 rings (SSSR count). The van der Waals surface area contributed by atoms with E-state index in [0.717, 1.165) is 47.1 Å². The predicted octanol–water partition coefficient (Wildman–Crippen LogP) is 5.25. The topological polar surface area (TPSA) is 36.4 Å². The van der Waals surface area contributed by atoms with Crippen molar-refractivity contribution in [1.29, 1.82) is 0 Å². The number of amides is 1. The first kappa shape index (κ1) is 19.9. The number of piperidine rings is 1. The minimum Gasteiger partial charge on any atom is -0.338 e. The molecule has 28 heavy (non-hydrogen) atoms. The summed E-state index contributed by atoms with van der Waals surface area (Å²) in [6, 6.07) is 8.33. The van der Waals surface area contributed by atoms with Gasteiger partial charge in [0.15, 0.2) is 0 Å². The number of thiazole rings is 1. The molecular formula is C22H28ClN3OS. The van der Waals surface area contributed by atoms with E-state index in [9.17, 15) is 4.79 Å². The Bertz CT molecular complexity index is 821. The van der Waals surface area contributed by atoms with Crippen LogP contribution in [0.5, 0.6) is 0 Å². The Morgan fingerprint density at radius 2 is 1.75 bits per heavy atom. The number of likely N-dealkylation sites (tertiary alicyclic amines) is 2. The van der Waals surface area contributed by atoms with Gasteiger partial charge in [0.1, 0.15) is 9.88 Å². The highest BCUT2D eigenvalue weighted by Gasteiger charge is 2.29. The van der Waals surface area contributed by atoms with Gasteiger partial charge in [0.2, 0.25) is 0 Å². The van der Waals surface area contributed by atoms with Gasteiger partial charge in [0.25, 0.3) is 5.91 Å². The fourth-order valence-corrected chi connectivity index (χ4v) is 5.74. The molecule has 150 valence electrons. The highest BCUT2D eigenvalue weighted by Crippen LogP contribution is 2.33. The quantitative estimate of drug-likeness (QED) is 0.684. The lowest BCUT2D eigenvalue weighted by atomic mass is 10.0. The molecule has 0 aliphatic carbocycles. The van der Waals surface area contributed by atoms with Crippen molar-refractivity contribution in [3.63, 3.8) is 0 Å². The molecule has 0 N–H and O–H groups in total. The van der Waals surface area contributed by atoms with Crippen molar-refractivity contribution in [1.82, 2.24) is 14.8 Å². The second-order valence-electron chi connectivity index (χ2n) is 7.89. The average molecular weight is 418 g/mol. The van der Waals surface area contributed by atoms with Gasteiger partial charge in [-0.3, -0.25) is 4.79 Å². The third kappa shape index (κ3) is 4.27. The first-order valence-corrected chi connectivity index (χ1v) is 11.6. The molecule has 1 amide bonds. The average Bonchev–Trinajstić information content (AvgIpc) is 2.92. The largest absolute Gasteiger partial charge is 0.338 e. The van der Waals surface area contributed by atoms with Crippen molar-refractivity contribution >= 4 is 28.8 Å². The standard InChI is InChI=1S/C22H28ClN3OS/c1-16-20(28-21(24-16)18-8-4-5-9-19(18)23)22(27)26-14-10-17(11-15-26)25-12-6-2-3-7-13-25/h4-5,8-9,17H,2-3,6-7,10-15H2,1H3. The fraction of sp³-hybridized carbons (Fsp3) is 0.545. The molecule has 0 atom stereocenters. The number of aryl methyl sites for hydroxylation is 1. The van der Waals surface area contributed by atoms with E-state index in [1.807, 2.05) is 36.1 Å². The van der Waals surface area contributed by atoms with Crippen LogP contribution in [0.3, 0.4) is 0 Å². The molecular weight excluding hydrogens is 390 g/mol. The normalized spacial score (nSPS) is 19.6. The molecule has 0 unspecified atom stereocenters. The van der Waals surface area contributed by atoms with E-state index in [1.54, 1.807) is 0 Å². The summed E-state index contributed by atoms with van der Waals surface area (Å²) < 4.78 is 0. The van der Waals surface area contributed by atoms with Crippen LogP contribution in [0.1, 0.15) is 53.9 Å². The first-order chi connectivity index (χ1) is 13.6. The van der Waals surface area contributed by atoms with Crippen molar-refractivity contribution in [2.24, 2.45) is 0 Å². The summed E-state index contributed by atoms with van der Waals surface area (Å²) in [6.45, 7) is 6.08.